The van der Waals surface area contributed by atoms with E-state index in [0.29, 0.717) is 18.8 Å². The number of aromatic nitrogens is 4. The Labute approximate surface area is 152 Å². The lowest BCUT2D eigenvalue weighted by Gasteiger charge is -2.10. The highest BCUT2D eigenvalue weighted by Crippen LogP contribution is 2.32. The Bertz CT molecular complexity index is 1120. The molecular weight excluding hydrogens is 357 g/mol. The van der Waals surface area contributed by atoms with Crippen LogP contribution in [0.4, 0.5) is 13.2 Å². The van der Waals surface area contributed by atoms with Crippen molar-refractivity contribution in [1.82, 2.24) is 19.3 Å². The second kappa shape index (κ2) is 6.07. The van der Waals surface area contributed by atoms with E-state index in [2.05, 4.69) is 10.1 Å². The van der Waals surface area contributed by atoms with E-state index in [1.807, 2.05) is 30.7 Å². The molecule has 0 atom stereocenters. The molecule has 8 heteroatoms. The summed E-state index contributed by atoms with van der Waals surface area (Å²) in [7, 11) is 0. The van der Waals surface area contributed by atoms with Gasteiger partial charge in [-0.3, -0.25) is 14.0 Å². The lowest BCUT2D eigenvalue weighted by atomic mass is 10.1. The normalized spacial score (nSPS) is 15.9. The lowest BCUT2D eigenvalue weighted by Crippen LogP contribution is -2.21. The highest BCUT2D eigenvalue weighted by molar-refractivity contribution is 5.84. The molecule has 5 nitrogen and oxygen atoms in total. The first-order valence-electron chi connectivity index (χ1n) is 8.62. The zero-order chi connectivity index (χ0) is 19.3. The monoisotopic (exact) mass is 374 g/mol. The average Bonchev–Trinajstić information content (AvgIpc) is 3.22. The van der Waals surface area contributed by atoms with Crippen molar-refractivity contribution in [3.05, 3.63) is 57.9 Å². The molecule has 0 saturated carbocycles. The number of rotatable bonds is 2. The summed E-state index contributed by atoms with van der Waals surface area (Å²) in [5.74, 6) is 0.420. The molecule has 1 aromatic carbocycles. The Morgan fingerprint density at radius 3 is 2.70 bits per heavy atom. The van der Waals surface area contributed by atoms with Crippen molar-refractivity contribution >= 4 is 22.6 Å². The fourth-order valence-electron chi connectivity index (χ4n) is 3.38. The van der Waals surface area contributed by atoms with Gasteiger partial charge < -0.3 is 0 Å². The van der Waals surface area contributed by atoms with E-state index in [0.717, 1.165) is 23.4 Å². The molecule has 0 fully saturated rings. The van der Waals surface area contributed by atoms with Gasteiger partial charge in [0, 0.05) is 18.8 Å². The van der Waals surface area contributed by atoms with E-state index in [9.17, 15) is 18.0 Å². The van der Waals surface area contributed by atoms with Crippen LogP contribution in [0.3, 0.4) is 0 Å². The molecule has 0 bridgehead atoms. The first-order valence-corrected chi connectivity index (χ1v) is 8.62. The molecule has 140 valence electrons. The Kier molecular flexibility index (Phi) is 3.94. The molecule has 1 aliphatic heterocycles. The van der Waals surface area contributed by atoms with Crippen molar-refractivity contribution < 1.29 is 13.2 Å². The summed E-state index contributed by atoms with van der Waals surface area (Å²) in [6.45, 7) is 4.47. The van der Waals surface area contributed by atoms with E-state index in [1.54, 1.807) is 6.20 Å². The molecule has 0 aliphatic carbocycles. The molecule has 0 spiro atoms. The smallest absolute Gasteiger partial charge is 0.292 e. The molecule has 2 aromatic heterocycles. The number of hydrogen-bond acceptors (Lipinski definition) is 3. The molecule has 3 aromatic rings. The molecule has 0 saturated heterocycles. The van der Waals surface area contributed by atoms with Gasteiger partial charge in [0.2, 0.25) is 0 Å². The first-order chi connectivity index (χ1) is 12.8. The molecule has 1 aliphatic rings. The van der Waals surface area contributed by atoms with Crippen LogP contribution in [0, 0.1) is 0 Å². The van der Waals surface area contributed by atoms with Crippen molar-refractivity contribution in [2.45, 2.75) is 39.0 Å². The Morgan fingerprint density at radius 2 is 2.00 bits per heavy atom. The maximum absolute atomic E-state index is 13.0. The highest BCUT2D eigenvalue weighted by Gasteiger charge is 2.31. The van der Waals surface area contributed by atoms with Gasteiger partial charge in [0.15, 0.2) is 0 Å². The van der Waals surface area contributed by atoms with E-state index in [4.69, 9.17) is 0 Å². The Hall–Kier alpha value is -2.90. The van der Waals surface area contributed by atoms with Crippen LogP contribution in [-0.4, -0.2) is 19.3 Å². The lowest BCUT2D eigenvalue weighted by molar-refractivity contribution is -0.137. The summed E-state index contributed by atoms with van der Waals surface area (Å²) in [5, 5.41) is 4.47. The fourth-order valence-corrected chi connectivity index (χ4v) is 3.38. The van der Waals surface area contributed by atoms with Gasteiger partial charge in [0.1, 0.15) is 5.82 Å². The minimum atomic E-state index is -4.48. The minimum Gasteiger partial charge on any atom is -0.292 e. The first kappa shape index (κ1) is 17.5. The molecule has 0 unspecified atom stereocenters. The van der Waals surface area contributed by atoms with E-state index in [-0.39, 0.29) is 22.5 Å². The van der Waals surface area contributed by atoms with Crippen LogP contribution >= 0.6 is 0 Å². The molecule has 0 radical (unpaired) electrons. The highest BCUT2D eigenvalue weighted by atomic mass is 19.4. The van der Waals surface area contributed by atoms with Gasteiger partial charge in [-0.25, -0.2) is 4.98 Å². The van der Waals surface area contributed by atoms with Gasteiger partial charge in [-0.2, -0.15) is 18.3 Å². The molecule has 0 amide bonds. The van der Waals surface area contributed by atoms with Crippen LogP contribution in [0.15, 0.2) is 35.3 Å². The standard InChI is InChI=1S/C19H17F3N4O/c1-11(2)26-14(5-7-23-26)9-12-6-8-25-17(12)24-16-10-13(19(20,21)22)3-4-15(16)18(25)27/h3-5,7,9-11H,6,8H2,1-2H3/b12-9-. The van der Waals surface area contributed by atoms with Crippen molar-refractivity contribution in [1.29, 1.82) is 0 Å². The van der Waals surface area contributed by atoms with Crippen LogP contribution in [0.5, 0.6) is 0 Å². The van der Waals surface area contributed by atoms with Crippen LogP contribution in [0.2, 0.25) is 0 Å². The van der Waals surface area contributed by atoms with Crippen molar-refractivity contribution in [2.24, 2.45) is 0 Å². The van der Waals surface area contributed by atoms with Gasteiger partial charge in [-0.05, 0) is 56.2 Å². The topological polar surface area (TPSA) is 52.7 Å². The zero-order valence-corrected chi connectivity index (χ0v) is 14.8. The van der Waals surface area contributed by atoms with Gasteiger partial charge in [-0.1, -0.05) is 0 Å². The third-order valence-electron chi connectivity index (χ3n) is 4.69. The number of nitrogens with zero attached hydrogens (tertiary/aromatic N) is 4. The predicted octanol–water partition coefficient (Wildman–Crippen LogP) is 4.14. The summed E-state index contributed by atoms with van der Waals surface area (Å²) < 4.78 is 42.4. The van der Waals surface area contributed by atoms with Crippen LogP contribution in [0.1, 0.15) is 43.4 Å². The summed E-state index contributed by atoms with van der Waals surface area (Å²) in [5.41, 5.74) is 0.615. The number of alkyl halides is 3. The summed E-state index contributed by atoms with van der Waals surface area (Å²) in [4.78, 5) is 17.1. The SMILES string of the molecule is CC(C)n1nccc1/C=C1/CCn2c1nc1cc(C(F)(F)F)ccc1c2=O. The number of halogens is 3. The molecule has 27 heavy (non-hydrogen) atoms. The van der Waals surface area contributed by atoms with Gasteiger partial charge in [0.25, 0.3) is 5.56 Å². The Morgan fingerprint density at radius 1 is 1.22 bits per heavy atom. The molecule has 4 rings (SSSR count). The van der Waals surface area contributed by atoms with Crippen molar-refractivity contribution in [3.63, 3.8) is 0 Å². The number of fused-ring (bicyclic) bond motifs is 2. The predicted molar refractivity (Wildman–Crippen MR) is 96.1 cm³/mol. The third kappa shape index (κ3) is 2.94. The molecule has 0 N–H and O–H groups in total. The summed E-state index contributed by atoms with van der Waals surface area (Å²) >= 11 is 0. The summed E-state index contributed by atoms with van der Waals surface area (Å²) in [6.07, 6.45) is -0.295. The van der Waals surface area contributed by atoms with E-state index < -0.39 is 11.7 Å². The van der Waals surface area contributed by atoms with E-state index >= 15 is 0 Å². The zero-order valence-electron chi connectivity index (χ0n) is 14.8. The van der Waals surface area contributed by atoms with E-state index in [1.165, 1.54) is 10.6 Å². The van der Waals surface area contributed by atoms with Crippen LogP contribution < -0.4 is 5.56 Å². The quantitative estimate of drug-likeness (QED) is 0.678. The van der Waals surface area contributed by atoms with Gasteiger partial charge >= 0.3 is 6.18 Å². The maximum atomic E-state index is 13.0. The largest absolute Gasteiger partial charge is 0.416 e. The number of hydrogen-bond donors (Lipinski definition) is 0. The minimum absolute atomic E-state index is 0.0613. The summed E-state index contributed by atoms with van der Waals surface area (Å²) in [6, 6.07) is 5.08. The van der Waals surface area contributed by atoms with Crippen molar-refractivity contribution in [2.75, 3.05) is 0 Å². The number of benzene rings is 1. The molecular formula is C19H17F3N4O. The second-order valence-corrected chi connectivity index (χ2v) is 6.84. The third-order valence-corrected chi connectivity index (χ3v) is 4.69. The van der Waals surface area contributed by atoms with Crippen LogP contribution in [0.25, 0.3) is 22.6 Å². The second-order valence-electron chi connectivity index (χ2n) is 6.84. The maximum Gasteiger partial charge on any atom is 0.416 e. The van der Waals surface area contributed by atoms with Gasteiger partial charge in [0.05, 0.1) is 22.2 Å². The van der Waals surface area contributed by atoms with Gasteiger partial charge in [-0.15, -0.1) is 0 Å². The van der Waals surface area contributed by atoms with Crippen LogP contribution in [-0.2, 0) is 12.7 Å². The Balaban J connectivity index is 1.88. The molecule has 3 heterocycles. The number of allylic oxidation sites excluding steroid dienone is 1. The van der Waals surface area contributed by atoms with Crippen molar-refractivity contribution in [3.8, 4) is 0 Å². The fraction of sp³-hybridized carbons (Fsp3) is 0.316. The average molecular weight is 374 g/mol.